The Balaban J connectivity index is 3.24. The van der Waals surface area contributed by atoms with Crippen LogP contribution < -0.4 is 10.2 Å². The molecular weight excluding hydrogens is 217 g/mol. The zero-order valence-corrected chi connectivity index (χ0v) is 8.91. The van der Waals surface area contributed by atoms with Gasteiger partial charge in [0.15, 0.2) is 11.6 Å². The molecular formula is C10H12FNO4. The van der Waals surface area contributed by atoms with E-state index in [1.54, 1.807) is 0 Å². The van der Waals surface area contributed by atoms with Crippen molar-refractivity contribution >= 4 is 5.97 Å². The first-order chi connectivity index (χ1) is 7.63. The highest BCUT2D eigenvalue weighted by Crippen LogP contribution is 2.25. The maximum absolute atomic E-state index is 13.5. The number of hydrogen-bond donors (Lipinski definition) is 2. The molecule has 0 saturated carbocycles. The minimum absolute atomic E-state index is 0.0183. The molecule has 0 radical (unpaired) electrons. The first kappa shape index (κ1) is 12.4. The van der Waals surface area contributed by atoms with Crippen molar-refractivity contribution in [2.45, 2.75) is 6.54 Å². The first-order valence-corrected chi connectivity index (χ1v) is 4.45. The van der Waals surface area contributed by atoms with Crippen molar-refractivity contribution in [3.8, 4) is 5.75 Å². The van der Waals surface area contributed by atoms with E-state index in [0.29, 0.717) is 5.56 Å². The summed E-state index contributed by atoms with van der Waals surface area (Å²) in [6.07, 6.45) is 0. The fourth-order valence-corrected chi connectivity index (χ4v) is 1.31. The summed E-state index contributed by atoms with van der Waals surface area (Å²) in [5, 5.41) is 8.50. The summed E-state index contributed by atoms with van der Waals surface area (Å²) in [5.74, 6) is -1.56. The molecule has 1 aromatic carbocycles. The van der Waals surface area contributed by atoms with E-state index in [1.165, 1.54) is 20.3 Å². The Bertz CT molecular complexity index is 395. The Kier molecular flexibility index (Phi) is 4.21. The molecule has 1 rings (SSSR count). The standard InChI is InChI=1S/C10H12FNO4/c1-15-9-7(10(13)16-2)3-6(5-12-14)4-8(9)11/h3-4,12,14H,5H2,1-2H3. The van der Waals surface area contributed by atoms with Gasteiger partial charge in [0.25, 0.3) is 0 Å². The SMILES string of the molecule is COC(=O)c1cc(CNO)cc(F)c1OC. The summed E-state index contributed by atoms with van der Waals surface area (Å²) in [4.78, 5) is 11.4. The lowest BCUT2D eigenvalue weighted by Gasteiger charge is -2.10. The lowest BCUT2D eigenvalue weighted by atomic mass is 10.1. The normalized spacial score (nSPS) is 10.0. The number of hydroxylamine groups is 1. The first-order valence-electron chi connectivity index (χ1n) is 4.45. The summed E-state index contributed by atoms with van der Waals surface area (Å²) in [6, 6.07) is 2.55. The Hall–Kier alpha value is -1.66. The van der Waals surface area contributed by atoms with Crippen molar-refractivity contribution in [2.75, 3.05) is 14.2 Å². The van der Waals surface area contributed by atoms with Gasteiger partial charge in [0.1, 0.15) is 5.56 Å². The minimum atomic E-state index is -0.699. The van der Waals surface area contributed by atoms with E-state index in [4.69, 9.17) is 9.94 Å². The molecule has 0 spiro atoms. The second kappa shape index (κ2) is 5.43. The Morgan fingerprint density at radius 3 is 2.69 bits per heavy atom. The largest absolute Gasteiger partial charge is 0.493 e. The maximum atomic E-state index is 13.5. The van der Waals surface area contributed by atoms with E-state index in [-0.39, 0.29) is 17.9 Å². The molecule has 1 aromatic rings. The van der Waals surface area contributed by atoms with Crippen molar-refractivity contribution in [3.63, 3.8) is 0 Å². The van der Waals surface area contributed by atoms with Crippen LogP contribution in [0.3, 0.4) is 0 Å². The Morgan fingerprint density at radius 2 is 2.19 bits per heavy atom. The van der Waals surface area contributed by atoms with Crippen LogP contribution in [-0.2, 0) is 11.3 Å². The molecule has 0 atom stereocenters. The molecule has 0 bridgehead atoms. The number of hydrogen-bond acceptors (Lipinski definition) is 5. The number of rotatable bonds is 4. The molecule has 88 valence electrons. The number of benzene rings is 1. The van der Waals surface area contributed by atoms with Crippen LogP contribution in [0.4, 0.5) is 4.39 Å². The highest BCUT2D eigenvalue weighted by atomic mass is 19.1. The molecule has 0 aliphatic carbocycles. The van der Waals surface area contributed by atoms with Crippen molar-refractivity contribution in [2.24, 2.45) is 0 Å². The third-order valence-electron chi connectivity index (χ3n) is 2.00. The monoisotopic (exact) mass is 229 g/mol. The summed E-state index contributed by atoms with van der Waals surface area (Å²) in [7, 11) is 2.45. The van der Waals surface area contributed by atoms with Crippen molar-refractivity contribution in [1.82, 2.24) is 5.48 Å². The molecule has 0 saturated heterocycles. The van der Waals surface area contributed by atoms with Crippen molar-refractivity contribution in [3.05, 3.63) is 29.1 Å². The quantitative estimate of drug-likeness (QED) is 0.597. The van der Waals surface area contributed by atoms with E-state index < -0.39 is 11.8 Å². The van der Waals surface area contributed by atoms with Crippen LogP contribution in [0, 0.1) is 5.82 Å². The van der Waals surface area contributed by atoms with Gasteiger partial charge in [-0.25, -0.2) is 14.7 Å². The molecule has 0 fully saturated rings. The van der Waals surface area contributed by atoms with Crippen LogP contribution in [0.2, 0.25) is 0 Å². The van der Waals surface area contributed by atoms with Gasteiger partial charge >= 0.3 is 5.97 Å². The van der Waals surface area contributed by atoms with Crippen LogP contribution in [0.15, 0.2) is 12.1 Å². The lowest BCUT2D eigenvalue weighted by molar-refractivity contribution is 0.0595. The molecule has 6 heteroatoms. The third kappa shape index (κ3) is 2.47. The fourth-order valence-electron chi connectivity index (χ4n) is 1.31. The molecule has 0 aromatic heterocycles. The van der Waals surface area contributed by atoms with Gasteiger partial charge < -0.3 is 14.7 Å². The average molecular weight is 229 g/mol. The zero-order chi connectivity index (χ0) is 12.1. The third-order valence-corrected chi connectivity index (χ3v) is 2.00. The van der Waals surface area contributed by atoms with Gasteiger partial charge in [-0.05, 0) is 17.7 Å². The van der Waals surface area contributed by atoms with E-state index in [1.807, 2.05) is 5.48 Å². The van der Waals surface area contributed by atoms with E-state index >= 15 is 0 Å². The number of carbonyl (C=O) groups is 1. The molecule has 0 unspecified atom stereocenters. The number of methoxy groups -OCH3 is 2. The van der Waals surface area contributed by atoms with Crippen LogP contribution in [0.25, 0.3) is 0 Å². The molecule has 0 amide bonds. The Labute approximate surface area is 91.7 Å². The number of ether oxygens (including phenoxy) is 2. The van der Waals surface area contributed by atoms with Crippen LogP contribution in [-0.4, -0.2) is 25.4 Å². The van der Waals surface area contributed by atoms with Gasteiger partial charge in [0.2, 0.25) is 0 Å². The van der Waals surface area contributed by atoms with E-state index in [2.05, 4.69) is 4.74 Å². The van der Waals surface area contributed by atoms with E-state index in [0.717, 1.165) is 6.07 Å². The second-order valence-electron chi connectivity index (χ2n) is 2.98. The predicted octanol–water partition coefficient (Wildman–Crippen LogP) is 1.10. The summed E-state index contributed by atoms with van der Waals surface area (Å²) in [5.41, 5.74) is 2.26. The minimum Gasteiger partial charge on any atom is -0.493 e. The van der Waals surface area contributed by atoms with Crippen molar-refractivity contribution in [1.29, 1.82) is 0 Å². The summed E-state index contributed by atoms with van der Waals surface area (Å²) < 4.78 is 22.8. The molecule has 0 aliphatic heterocycles. The van der Waals surface area contributed by atoms with Gasteiger partial charge in [0, 0.05) is 6.54 Å². The molecule has 5 nitrogen and oxygen atoms in total. The Morgan fingerprint density at radius 1 is 1.50 bits per heavy atom. The lowest BCUT2D eigenvalue weighted by Crippen LogP contribution is -2.10. The maximum Gasteiger partial charge on any atom is 0.341 e. The molecule has 0 heterocycles. The number of carbonyl (C=O) groups excluding carboxylic acids is 1. The predicted molar refractivity (Wildman–Crippen MR) is 52.9 cm³/mol. The summed E-state index contributed by atoms with van der Waals surface area (Å²) in [6.45, 7) is 0.0188. The number of esters is 1. The van der Waals surface area contributed by atoms with Crippen LogP contribution >= 0.6 is 0 Å². The highest BCUT2D eigenvalue weighted by Gasteiger charge is 2.18. The van der Waals surface area contributed by atoms with Gasteiger partial charge in [-0.1, -0.05) is 0 Å². The fraction of sp³-hybridized carbons (Fsp3) is 0.300. The van der Waals surface area contributed by atoms with Crippen LogP contribution in [0.1, 0.15) is 15.9 Å². The highest BCUT2D eigenvalue weighted by molar-refractivity contribution is 5.92. The number of nitrogens with one attached hydrogen (secondary N) is 1. The zero-order valence-electron chi connectivity index (χ0n) is 8.91. The second-order valence-corrected chi connectivity index (χ2v) is 2.98. The molecule has 2 N–H and O–H groups in total. The number of halogens is 1. The van der Waals surface area contributed by atoms with Gasteiger partial charge in [-0.15, -0.1) is 0 Å². The average Bonchev–Trinajstić information content (AvgIpc) is 2.27. The smallest absolute Gasteiger partial charge is 0.341 e. The van der Waals surface area contributed by atoms with E-state index in [9.17, 15) is 9.18 Å². The van der Waals surface area contributed by atoms with Gasteiger partial charge in [0.05, 0.1) is 14.2 Å². The summed E-state index contributed by atoms with van der Waals surface area (Å²) >= 11 is 0. The van der Waals surface area contributed by atoms with Crippen LogP contribution in [0.5, 0.6) is 5.75 Å². The van der Waals surface area contributed by atoms with Gasteiger partial charge in [-0.3, -0.25) is 0 Å². The van der Waals surface area contributed by atoms with Gasteiger partial charge in [-0.2, -0.15) is 0 Å². The topological polar surface area (TPSA) is 67.8 Å². The molecule has 16 heavy (non-hydrogen) atoms. The molecule has 0 aliphatic rings. The van der Waals surface area contributed by atoms with Crippen molar-refractivity contribution < 1.29 is 23.9 Å².